The van der Waals surface area contributed by atoms with Crippen molar-refractivity contribution in [3.8, 4) is 0 Å². The Labute approximate surface area is 137 Å². The molecule has 0 aliphatic heterocycles. The van der Waals surface area contributed by atoms with Gasteiger partial charge in [-0.15, -0.1) is 0 Å². The maximum Gasteiger partial charge on any atom is 0.307 e. The van der Waals surface area contributed by atoms with E-state index in [1.165, 1.54) is 6.92 Å². The zero-order chi connectivity index (χ0) is 19.1. The van der Waals surface area contributed by atoms with Gasteiger partial charge in [0, 0.05) is 18.7 Å². The summed E-state index contributed by atoms with van der Waals surface area (Å²) in [4.78, 5) is 53.4. The molecular formula is C13H21O10P. The van der Waals surface area contributed by atoms with Crippen LogP contribution < -0.4 is 0 Å². The van der Waals surface area contributed by atoms with Gasteiger partial charge < -0.3 is 25.3 Å². The molecule has 0 heterocycles. The van der Waals surface area contributed by atoms with E-state index in [1.54, 1.807) is 0 Å². The number of aliphatic carboxylic acids is 4. The van der Waals surface area contributed by atoms with Gasteiger partial charge in [0.25, 0.3) is 0 Å². The number of carboxylic acids is 4. The van der Waals surface area contributed by atoms with Crippen LogP contribution in [-0.2, 0) is 23.7 Å². The Morgan fingerprint density at radius 2 is 1.33 bits per heavy atom. The molecule has 0 saturated carbocycles. The lowest BCUT2D eigenvalue weighted by Crippen LogP contribution is -2.26. The fraction of sp³-hybridized carbons (Fsp3) is 0.692. The highest BCUT2D eigenvalue weighted by atomic mass is 31.2. The molecule has 0 radical (unpaired) electrons. The third-order valence-electron chi connectivity index (χ3n) is 3.48. The van der Waals surface area contributed by atoms with Crippen LogP contribution in [0.15, 0.2) is 0 Å². The summed E-state index contributed by atoms with van der Waals surface area (Å²) in [5.41, 5.74) is 0. The van der Waals surface area contributed by atoms with Gasteiger partial charge >= 0.3 is 23.9 Å². The normalized spacial score (nSPS) is 17.2. The molecule has 4 atom stereocenters. The van der Waals surface area contributed by atoms with E-state index in [0.29, 0.717) is 0 Å². The second-order valence-electron chi connectivity index (χ2n) is 5.69. The van der Waals surface area contributed by atoms with Crippen LogP contribution in [0, 0.1) is 17.8 Å². The molecule has 0 aromatic heterocycles. The fourth-order valence-corrected chi connectivity index (χ4v) is 4.31. The summed E-state index contributed by atoms with van der Waals surface area (Å²) < 4.78 is 12.2. The number of carboxylic acid groups (broad SMARTS) is 4. The molecule has 138 valence electrons. The van der Waals surface area contributed by atoms with Crippen molar-refractivity contribution >= 4 is 31.2 Å². The summed E-state index contributed by atoms with van der Waals surface area (Å²) in [5, 5.41) is 35.4. The van der Waals surface area contributed by atoms with Crippen molar-refractivity contribution in [2.45, 2.75) is 26.2 Å². The first kappa shape index (κ1) is 22.1. The molecule has 0 saturated heterocycles. The largest absolute Gasteiger partial charge is 0.481 e. The minimum Gasteiger partial charge on any atom is -0.481 e. The maximum absolute atomic E-state index is 12.2. The Bertz CT molecular complexity index is 543. The second kappa shape index (κ2) is 9.39. The standard InChI is InChI=1S/C13H21O10P/c1-7(11(16)17)4-9(13(20)21)6-24(22,23)5-8(12(18)19)2-3-10(14)15/h7-9H,2-6H2,1H3,(H,14,15)(H,16,17)(H,18,19)(H,20,21)(H,22,23). The first-order valence-electron chi connectivity index (χ1n) is 7.06. The monoisotopic (exact) mass is 368 g/mol. The summed E-state index contributed by atoms with van der Waals surface area (Å²) in [5.74, 6) is -9.27. The molecule has 0 spiro atoms. The van der Waals surface area contributed by atoms with E-state index in [0.717, 1.165) is 0 Å². The van der Waals surface area contributed by atoms with Gasteiger partial charge in [0.1, 0.15) is 0 Å². The molecule has 11 heteroatoms. The van der Waals surface area contributed by atoms with Gasteiger partial charge in [-0.3, -0.25) is 23.7 Å². The van der Waals surface area contributed by atoms with E-state index in [9.17, 15) is 28.6 Å². The minimum absolute atomic E-state index is 0.363. The molecule has 24 heavy (non-hydrogen) atoms. The molecule has 0 rings (SSSR count). The van der Waals surface area contributed by atoms with Gasteiger partial charge in [-0.2, -0.15) is 0 Å². The predicted octanol–water partition coefficient (Wildman–Crippen LogP) is 0.634. The Morgan fingerprint density at radius 3 is 1.71 bits per heavy atom. The zero-order valence-corrected chi connectivity index (χ0v) is 13.9. The smallest absolute Gasteiger partial charge is 0.307 e. The van der Waals surface area contributed by atoms with Crippen LogP contribution in [0.25, 0.3) is 0 Å². The lowest BCUT2D eigenvalue weighted by atomic mass is 9.97. The van der Waals surface area contributed by atoms with Crippen molar-refractivity contribution in [1.29, 1.82) is 0 Å². The Kier molecular flexibility index (Phi) is 8.63. The first-order valence-corrected chi connectivity index (χ1v) is 9.09. The summed E-state index contributed by atoms with van der Waals surface area (Å²) in [6.45, 7) is 1.26. The Hall–Kier alpha value is -1.93. The van der Waals surface area contributed by atoms with Crippen molar-refractivity contribution in [1.82, 2.24) is 0 Å². The molecule has 0 bridgehead atoms. The molecular weight excluding hydrogens is 347 g/mol. The topological polar surface area (TPSA) is 186 Å². The summed E-state index contributed by atoms with van der Waals surface area (Å²) in [6.07, 6.45) is -2.77. The molecule has 10 nitrogen and oxygen atoms in total. The van der Waals surface area contributed by atoms with Gasteiger partial charge in [-0.05, 0) is 12.8 Å². The van der Waals surface area contributed by atoms with Crippen molar-refractivity contribution in [3.05, 3.63) is 0 Å². The number of hydrogen-bond acceptors (Lipinski definition) is 5. The van der Waals surface area contributed by atoms with E-state index in [4.69, 9.17) is 20.4 Å². The molecule has 0 aliphatic rings. The summed E-state index contributed by atoms with van der Waals surface area (Å²) in [6, 6.07) is 0. The Balaban J connectivity index is 5.01. The van der Waals surface area contributed by atoms with Crippen molar-refractivity contribution in [2.75, 3.05) is 12.3 Å². The number of carbonyl (C=O) groups is 4. The maximum atomic E-state index is 12.2. The van der Waals surface area contributed by atoms with Gasteiger partial charge in [-0.1, -0.05) is 6.92 Å². The highest BCUT2D eigenvalue weighted by Crippen LogP contribution is 2.46. The summed E-state index contributed by atoms with van der Waals surface area (Å²) >= 11 is 0. The number of hydrogen-bond donors (Lipinski definition) is 5. The molecule has 0 aromatic rings. The van der Waals surface area contributed by atoms with Crippen LogP contribution in [-0.4, -0.2) is 61.5 Å². The fourth-order valence-electron chi connectivity index (χ4n) is 2.13. The van der Waals surface area contributed by atoms with E-state index in [1.807, 2.05) is 0 Å². The average Bonchev–Trinajstić information content (AvgIpc) is 2.41. The molecule has 0 amide bonds. The van der Waals surface area contributed by atoms with Crippen LogP contribution in [0.2, 0.25) is 0 Å². The van der Waals surface area contributed by atoms with Crippen LogP contribution in [0.4, 0.5) is 0 Å². The highest BCUT2D eigenvalue weighted by molar-refractivity contribution is 7.58. The molecule has 0 aromatic carbocycles. The predicted molar refractivity (Wildman–Crippen MR) is 80.1 cm³/mol. The Morgan fingerprint density at radius 1 is 0.875 bits per heavy atom. The number of rotatable bonds is 12. The van der Waals surface area contributed by atoms with E-state index in [2.05, 4.69) is 0 Å². The molecule has 0 fully saturated rings. The molecule has 0 aliphatic carbocycles. The second-order valence-corrected chi connectivity index (χ2v) is 8.11. The summed E-state index contributed by atoms with van der Waals surface area (Å²) in [7, 11) is -4.21. The lowest BCUT2D eigenvalue weighted by Gasteiger charge is -2.21. The van der Waals surface area contributed by atoms with Crippen molar-refractivity contribution in [3.63, 3.8) is 0 Å². The van der Waals surface area contributed by atoms with E-state index < -0.39 is 67.7 Å². The third-order valence-corrected chi connectivity index (χ3v) is 5.50. The van der Waals surface area contributed by atoms with Gasteiger partial charge in [-0.25, -0.2) is 0 Å². The average molecular weight is 368 g/mol. The minimum atomic E-state index is -4.21. The van der Waals surface area contributed by atoms with Crippen molar-refractivity contribution < 1.29 is 49.1 Å². The highest BCUT2D eigenvalue weighted by Gasteiger charge is 2.35. The first-order chi connectivity index (χ1) is 10.9. The molecule has 4 unspecified atom stereocenters. The van der Waals surface area contributed by atoms with Crippen LogP contribution >= 0.6 is 7.37 Å². The van der Waals surface area contributed by atoms with Gasteiger partial charge in [0.15, 0.2) is 0 Å². The SMILES string of the molecule is CC(CC(CP(=O)(O)CC(CCC(=O)O)C(=O)O)C(=O)O)C(=O)O. The van der Waals surface area contributed by atoms with Gasteiger partial charge in [0.2, 0.25) is 7.37 Å². The van der Waals surface area contributed by atoms with Crippen molar-refractivity contribution in [2.24, 2.45) is 17.8 Å². The lowest BCUT2D eigenvalue weighted by molar-refractivity contribution is -0.145. The molecule has 5 N–H and O–H groups in total. The van der Waals surface area contributed by atoms with E-state index >= 15 is 0 Å². The zero-order valence-electron chi connectivity index (χ0n) is 13.0. The van der Waals surface area contributed by atoms with Gasteiger partial charge in [0.05, 0.1) is 17.8 Å². The quantitative estimate of drug-likeness (QED) is 0.306. The van der Waals surface area contributed by atoms with E-state index in [-0.39, 0.29) is 12.8 Å². The van der Waals surface area contributed by atoms with Crippen LogP contribution in [0.1, 0.15) is 26.2 Å². The van der Waals surface area contributed by atoms with Crippen LogP contribution in [0.3, 0.4) is 0 Å². The van der Waals surface area contributed by atoms with Crippen LogP contribution in [0.5, 0.6) is 0 Å². The third kappa shape index (κ3) is 8.64.